The van der Waals surface area contributed by atoms with Crippen LogP contribution in [0.1, 0.15) is 25.3 Å². The highest BCUT2D eigenvalue weighted by atomic mass is 16.6. The lowest BCUT2D eigenvalue weighted by Gasteiger charge is -2.11. The number of methoxy groups -OCH3 is 1. The molecule has 0 aliphatic heterocycles. The van der Waals surface area contributed by atoms with E-state index in [0.717, 1.165) is 18.0 Å². The molecule has 0 amide bonds. The first-order valence-corrected chi connectivity index (χ1v) is 6.63. The number of hydrogen-bond acceptors (Lipinski definition) is 4. The quantitative estimate of drug-likeness (QED) is 0.607. The van der Waals surface area contributed by atoms with Gasteiger partial charge in [0.2, 0.25) is 0 Å². The highest BCUT2D eigenvalue weighted by Gasteiger charge is 2.27. The summed E-state index contributed by atoms with van der Waals surface area (Å²) in [6.45, 7) is 3.84. The fourth-order valence-corrected chi connectivity index (χ4v) is 2.24. The molecular formula is C14H20N2O3. The number of ether oxygens (including phenoxy) is 1. The average molecular weight is 264 g/mol. The van der Waals surface area contributed by atoms with Crippen LogP contribution >= 0.6 is 0 Å². The molecule has 1 aromatic carbocycles. The van der Waals surface area contributed by atoms with Gasteiger partial charge in [0.1, 0.15) is 5.75 Å². The van der Waals surface area contributed by atoms with Gasteiger partial charge in [-0.15, -0.1) is 0 Å². The van der Waals surface area contributed by atoms with Crippen LogP contribution in [0, 0.1) is 22.0 Å². The van der Waals surface area contributed by atoms with Crippen molar-refractivity contribution in [1.82, 2.24) is 5.32 Å². The van der Waals surface area contributed by atoms with Crippen molar-refractivity contribution in [1.29, 1.82) is 0 Å². The summed E-state index contributed by atoms with van der Waals surface area (Å²) < 4.78 is 5.09. The summed E-state index contributed by atoms with van der Waals surface area (Å²) in [6.07, 6.45) is 2.68. The first-order valence-electron chi connectivity index (χ1n) is 6.63. The third kappa shape index (κ3) is 3.92. The molecule has 19 heavy (non-hydrogen) atoms. The molecule has 1 aromatic rings. The number of nitro groups is 1. The molecule has 0 aromatic heterocycles. The Kier molecular flexibility index (Phi) is 4.37. The minimum atomic E-state index is -0.390. The van der Waals surface area contributed by atoms with Gasteiger partial charge in [0, 0.05) is 12.6 Å². The van der Waals surface area contributed by atoms with Gasteiger partial charge in [0.15, 0.2) is 0 Å². The van der Waals surface area contributed by atoms with Gasteiger partial charge in [0.25, 0.3) is 5.69 Å². The molecule has 0 heterocycles. The van der Waals surface area contributed by atoms with Gasteiger partial charge >= 0.3 is 0 Å². The van der Waals surface area contributed by atoms with Crippen LogP contribution in [0.5, 0.6) is 5.75 Å². The minimum absolute atomic E-state index is 0.0754. The second-order valence-electron chi connectivity index (χ2n) is 5.24. The van der Waals surface area contributed by atoms with E-state index in [9.17, 15) is 10.1 Å². The van der Waals surface area contributed by atoms with E-state index in [1.54, 1.807) is 6.07 Å². The number of nitrogens with one attached hydrogen (secondary N) is 1. The Bertz CT molecular complexity index is 458. The summed E-state index contributed by atoms with van der Waals surface area (Å²) in [5.41, 5.74) is 0.959. The molecule has 1 unspecified atom stereocenters. The van der Waals surface area contributed by atoms with Crippen LogP contribution < -0.4 is 10.1 Å². The van der Waals surface area contributed by atoms with E-state index in [0.29, 0.717) is 18.2 Å². The third-order valence-corrected chi connectivity index (χ3v) is 3.62. The Labute approximate surface area is 113 Å². The van der Waals surface area contributed by atoms with Crippen molar-refractivity contribution < 1.29 is 9.66 Å². The number of nitrogens with zero attached hydrogens (tertiary/aromatic N) is 1. The van der Waals surface area contributed by atoms with Gasteiger partial charge < -0.3 is 10.1 Å². The molecule has 1 N–H and O–H groups in total. The molecule has 104 valence electrons. The van der Waals surface area contributed by atoms with E-state index in [1.807, 2.05) is 6.07 Å². The highest BCUT2D eigenvalue weighted by Crippen LogP contribution is 2.36. The van der Waals surface area contributed by atoms with Crippen molar-refractivity contribution in [3.8, 4) is 5.75 Å². The Hall–Kier alpha value is -1.62. The van der Waals surface area contributed by atoms with E-state index in [1.165, 1.54) is 26.0 Å². The molecule has 1 fully saturated rings. The molecule has 1 saturated carbocycles. The highest BCUT2D eigenvalue weighted by molar-refractivity contribution is 5.42. The largest absolute Gasteiger partial charge is 0.496 e. The van der Waals surface area contributed by atoms with Crippen LogP contribution in [0.15, 0.2) is 18.2 Å². The van der Waals surface area contributed by atoms with Crippen molar-refractivity contribution in [2.45, 2.75) is 26.3 Å². The molecule has 1 atom stereocenters. The summed E-state index contributed by atoms with van der Waals surface area (Å²) in [7, 11) is 1.52. The number of nitro benzene ring substituents is 1. The SMILES string of the molecule is COc1cc(CNCC(C)C2CC2)cc([N+](=O)[O-])c1. The Morgan fingerprint density at radius 3 is 2.79 bits per heavy atom. The Balaban J connectivity index is 1.94. The Morgan fingerprint density at radius 2 is 2.21 bits per heavy atom. The fraction of sp³-hybridized carbons (Fsp3) is 0.571. The van der Waals surface area contributed by atoms with Gasteiger partial charge in [-0.25, -0.2) is 0 Å². The zero-order chi connectivity index (χ0) is 13.8. The summed E-state index contributed by atoms with van der Waals surface area (Å²) in [4.78, 5) is 10.4. The van der Waals surface area contributed by atoms with Gasteiger partial charge in [-0.3, -0.25) is 10.1 Å². The van der Waals surface area contributed by atoms with Crippen molar-refractivity contribution >= 4 is 5.69 Å². The summed E-state index contributed by atoms with van der Waals surface area (Å²) in [6, 6.07) is 4.87. The minimum Gasteiger partial charge on any atom is -0.496 e. The van der Waals surface area contributed by atoms with E-state index >= 15 is 0 Å². The molecule has 2 rings (SSSR count). The number of rotatable bonds is 7. The van der Waals surface area contributed by atoms with E-state index < -0.39 is 4.92 Å². The molecular weight excluding hydrogens is 244 g/mol. The first-order chi connectivity index (χ1) is 9.10. The maximum Gasteiger partial charge on any atom is 0.273 e. The maximum atomic E-state index is 10.8. The lowest BCUT2D eigenvalue weighted by Crippen LogP contribution is -2.21. The smallest absolute Gasteiger partial charge is 0.273 e. The van der Waals surface area contributed by atoms with Gasteiger partial charge in [-0.2, -0.15) is 0 Å². The lowest BCUT2D eigenvalue weighted by atomic mass is 10.1. The van der Waals surface area contributed by atoms with Crippen LogP contribution in [0.3, 0.4) is 0 Å². The zero-order valence-electron chi connectivity index (χ0n) is 11.4. The van der Waals surface area contributed by atoms with E-state index in [4.69, 9.17) is 4.74 Å². The second kappa shape index (κ2) is 6.02. The average Bonchev–Trinajstić information content (AvgIpc) is 3.22. The molecule has 1 aliphatic rings. The maximum absolute atomic E-state index is 10.8. The summed E-state index contributed by atoms with van der Waals surface area (Å²) in [5.74, 6) is 2.08. The number of non-ortho nitro benzene ring substituents is 1. The topological polar surface area (TPSA) is 64.4 Å². The van der Waals surface area contributed by atoms with Gasteiger partial charge in [0.05, 0.1) is 18.1 Å². The zero-order valence-corrected chi connectivity index (χ0v) is 11.4. The number of benzene rings is 1. The van der Waals surface area contributed by atoms with Gasteiger partial charge in [-0.05, 0) is 42.9 Å². The molecule has 5 heteroatoms. The molecule has 0 radical (unpaired) electrons. The molecule has 1 aliphatic carbocycles. The van der Waals surface area contributed by atoms with Crippen LogP contribution in [-0.4, -0.2) is 18.6 Å². The molecule has 0 spiro atoms. The normalized spacial score (nSPS) is 16.1. The van der Waals surface area contributed by atoms with Crippen LogP contribution in [-0.2, 0) is 6.54 Å². The van der Waals surface area contributed by atoms with Crippen LogP contribution in [0.4, 0.5) is 5.69 Å². The van der Waals surface area contributed by atoms with E-state index in [2.05, 4.69) is 12.2 Å². The van der Waals surface area contributed by atoms with Gasteiger partial charge in [-0.1, -0.05) is 6.92 Å². The molecule has 0 bridgehead atoms. The predicted octanol–water partition coefficient (Wildman–Crippen LogP) is 2.74. The van der Waals surface area contributed by atoms with Crippen molar-refractivity contribution in [2.24, 2.45) is 11.8 Å². The third-order valence-electron chi connectivity index (χ3n) is 3.62. The standard InChI is InChI=1S/C14H20N2O3/c1-10(12-3-4-12)8-15-9-11-5-13(16(17)18)7-14(6-11)19-2/h5-7,10,12,15H,3-4,8-9H2,1-2H3. The number of hydrogen-bond donors (Lipinski definition) is 1. The van der Waals surface area contributed by atoms with Crippen molar-refractivity contribution in [2.75, 3.05) is 13.7 Å². The first kappa shape index (κ1) is 13.8. The molecule has 5 nitrogen and oxygen atoms in total. The van der Waals surface area contributed by atoms with Crippen LogP contribution in [0.25, 0.3) is 0 Å². The van der Waals surface area contributed by atoms with Crippen LogP contribution in [0.2, 0.25) is 0 Å². The summed E-state index contributed by atoms with van der Waals surface area (Å²) in [5, 5.41) is 14.2. The Morgan fingerprint density at radius 1 is 1.47 bits per heavy atom. The second-order valence-corrected chi connectivity index (χ2v) is 5.24. The van der Waals surface area contributed by atoms with Crippen molar-refractivity contribution in [3.05, 3.63) is 33.9 Å². The van der Waals surface area contributed by atoms with E-state index in [-0.39, 0.29) is 5.69 Å². The fourth-order valence-electron chi connectivity index (χ4n) is 2.24. The monoisotopic (exact) mass is 264 g/mol. The predicted molar refractivity (Wildman–Crippen MR) is 73.2 cm³/mol. The lowest BCUT2D eigenvalue weighted by molar-refractivity contribution is -0.385. The molecule has 0 saturated heterocycles. The summed E-state index contributed by atoms with van der Waals surface area (Å²) >= 11 is 0. The van der Waals surface area contributed by atoms with Crippen molar-refractivity contribution in [3.63, 3.8) is 0 Å².